The topological polar surface area (TPSA) is 52.0 Å². The van der Waals surface area contributed by atoms with Gasteiger partial charge in [0.1, 0.15) is 5.52 Å². The minimum absolute atomic E-state index is 0.0317. The molecule has 0 aliphatic carbocycles. The molecule has 0 bridgehead atoms. The lowest BCUT2D eigenvalue weighted by Crippen LogP contribution is -1.82. The molecule has 0 aliphatic rings. The Morgan fingerprint density at radius 2 is 2.25 bits per heavy atom. The second kappa shape index (κ2) is 2.45. The van der Waals surface area contributed by atoms with E-state index in [1.165, 1.54) is 6.07 Å². The summed E-state index contributed by atoms with van der Waals surface area (Å²) in [7, 11) is 0. The molecule has 3 nitrogen and oxygen atoms in total. The van der Waals surface area contributed by atoms with Crippen LogP contribution in [0.15, 0.2) is 21.0 Å². The molecule has 0 spiro atoms. The Labute approximate surface area is 75.5 Å². The number of hydrogen-bond donors (Lipinski definition) is 1. The monoisotopic (exact) mass is 230 g/mol. The molecule has 1 aromatic carbocycles. The van der Waals surface area contributed by atoms with E-state index >= 15 is 0 Å². The fourth-order valence-corrected chi connectivity index (χ4v) is 1.36. The van der Waals surface area contributed by atoms with Crippen molar-refractivity contribution >= 4 is 33.0 Å². The highest BCUT2D eigenvalue weighted by Crippen LogP contribution is 2.27. The Kier molecular flexibility index (Phi) is 1.54. The van der Waals surface area contributed by atoms with Crippen LogP contribution in [0.4, 0.5) is 10.4 Å². The lowest BCUT2D eigenvalue weighted by atomic mass is 10.3. The third-order valence-corrected chi connectivity index (χ3v) is 2.09. The highest BCUT2D eigenvalue weighted by molar-refractivity contribution is 9.10. The van der Waals surface area contributed by atoms with Crippen molar-refractivity contribution in [1.82, 2.24) is 4.98 Å². The average molecular weight is 231 g/mol. The van der Waals surface area contributed by atoms with Gasteiger partial charge in [0.25, 0.3) is 6.01 Å². The molecule has 5 heteroatoms. The van der Waals surface area contributed by atoms with Gasteiger partial charge in [0.05, 0.1) is 4.47 Å². The van der Waals surface area contributed by atoms with Gasteiger partial charge in [-0.05, 0) is 28.1 Å². The zero-order valence-corrected chi connectivity index (χ0v) is 7.43. The number of rotatable bonds is 0. The minimum Gasteiger partial charge on any atom is -0.422 e. The molecule has 0 unspecified atom stereocenters. The second-order valence-electron chi connectivity index (χ2n) is 2.26. The van der Waals surface area contributed by atoms with E-state index in [-0.39, 0.29) is 11.5 Å². The van der Waals surface area contributed by atoms with Gasteiger partial charge in [-0.25, -0.2) is 4.39 Å². The average Bonchev–Trinajstić information content (AvgIpc) is 2.41. The maximum absolute atomic E-state index is 13.0. The van der Waals surface area contributed by atoms with E-state index in [2.05, 4.69) is 20.9 Å². The predicted octanol–water partition coefficient (Wildman–Crippen LogP) is 2.31. The molecule has 0 aliphatic heterocycles. The number of anilines is 1. The predicted molar refractivity (Wildman–Crippen MR) is 46.1 cm³/mol. The second-order valence-corrected chi connectivity index (χ2v) is 3.11. The highest BCUT2D eigenvalue weighted by atomic mass is 79.9. The number of aromatic nitrogens is 1. The summed E-state index contributed by atoms with van der Waals surface area (Å²) in [6, 6.07) is 2.81. The molecule has 0 saturated heterocycles. The number of hydrogen-bond acceptors (Lipinski definition) is 3. The number of nitrogen functional groups attached to an aromatic ring is 1. The van der Waals surface area contributed by atoms with Crippen LogP contribution in [0.25, 0.3) is 11.1 Å². The van der Waals surface area contributed by atoms with Crippen LogP contribution in [0.5, 0.6) is 0 Å². The van der Waals surface area contributed by atoms with Crippen molar-refractivity contribution < 1.29 is 8.81 Å². The van der Waals surface area contributed by atoms with Gasteiger partial charge in [-0.15, -0.1) is 0 Å². The molecule has 2 rings (SSSR count). The number of fused-ring (bicyclic) bond motifs is 1. The zero-order valence-electron chi connectivity index (χ0n) is 5.84. The summed E-state index contributed by atoms with van der Waals surface area (Å²) in [4.78, 5) is 3.68. The lowest BCUT2D eigenvalue weighted by Gasteiger charge is -1.90. The van der Waals surface area contributed by atoms with E-state index < -0.39 is 5.82 Å². The molecule has 0 amide bonds. The molecule has 1 heterocycles. The molecule has 0 fully saturated rings. The number of oxazole rings is 1. The Morgan fingerprint density at radius 3 is 2.92 bits per heavy atom. The SMILES string of the molecule is Nc1nc2c(F)ccc(Br)c2o1. The molecule has 2 N–H and O–H groups in total. The van der Waals surface area contributed by atoms with E-state index in [1.807, 2.05) is 0 Å². The van der Waals surface area contributed by atoms with Crippen molar-refractivity contribution in [1.29, 1.82) is 0 Å². The van der Waals surface area contributed by atoms with Crippen LogP contribution in [0, 0.1) is 5.82 Å². The number of halogens is 2. The standard InChI is InChI=1S/C7H4BrFN2O/c8-3-1-2-4(9)5-6(3)12-7(10)11-5/h1-2H,(H2,10,11). The quantitative estimate of drug-likeness (QED) is 0.756. The van der Waals surface area contributed by atoms with Crippen molar-refractivity contribution in [3.8, 4) is 0 Å². The van der Waals surface area contributed by atoms with Crippen molar-refractivity contribution in [3.63, 3.8) is 0 Å². The molecule has 0 atom stereocenters. The van der Waals surface area contributed by atoms with Crippen LogP contribution in [-0.4, -0.2) is 4.98 Å². The van der Waals surface area contributed by atoms with Crippen LogP contribution in [0.3, 0.4) is 0 Å². The van der Waals surface area contributed by atoms with Gasteiger partial charge in [0.15, 0.2) is 11.4 Å². The molecule has 62 valence electrons. The van der Waals surface area contributed by atoms with Crippen LogP contribution in [0.2, 0.25) is 0 Å². The Balaban J connectivity index is 2.93. The van der Waals surface area contributed by atoms with Gasteiger partial charge in [-0.1, -0.05) is 0 Å². The zero-order chi connectivity index (χ0) is 8.72. The Morgan fingerprint density at radius 1 is 1.50 bits per heavy atom. The van der Waals surface area contributed by atoms with Crippen molar-refractivity contribution in [2.24, 2.45) is 0 Å². The molecule has 1 aromatic heterocycles. The first-order valence-electron chi connectivity index (χ1n) is 3.18. The van der Waals surface area contributed by atoms with Gasteiger partial charge in [0.2, 0.25) is 0 Å². The van der Waals surface area contributed by atoms with E-state index in [0.717, 1.165) is 0 Å². The fraction of sp³-hybridized carbons (Fsp3) is 0. The third-order valence-electron chi connectivity index (χ3n) is 1.46. The van der Waals surface area contributed by atoms with Crippen LogP contribution in [0.1, 0.15) is 0 Å². The number of benzene rings is 1. The van der Waals surface area contributed by atoms with Gasteiger partial charge in [-0.2, -0.15) is 4.98 Å². The van der Waals surface area contributed by atoms with Gasteiger partial charge < -0.3 is 10.2 Å². The summed E-state index contributed by atoms with van der Waals surface area (Å²) in [5.41, 5.74) is 5.76. The van der Waals surface area contributed by atoms with Gasteiger partial charge in [-0.3, -0.25) is 0 Å². The van der Waals surface area contributed by atoms with Crippen molar-refractivity contribution in [3.05, 3.63) is 22.4 Å². The van der Waals surface area contributed by atoms with Crippen molar-refractivity contribution in [2.45, 2.75) is 0 Å². The Bertz CT molecular complexity index is 401. The normalized spacial score (nSPS) is 10.8. The fourth-order valence-electron chi connectivity index (χ4n) is 0.961. The van der Waals surface area contributed by atoms with E-state index in [0.29, 0.717) is 10.1 Å². The lowest BCUT2D eigenvalue weighted by molar-refractivity contribution is 0.620. The molecule has 2 aromatic rings. The van der Waals surface area contributed by atoms with Gasteiger partial charge in [0, 0.05) is 0 Å². The van der Waals surface area contributed by atoms with Crippen LogP contribution >= 0.6 is 15.9 Å². The van der Waals surface area contributed by atoms with E-state index in [9.17, 15) is 4.39 Å². The minimum atomic E-state index is -0.436. The number of nitrogens with zero attached hydrogens (tertiary/aromatic N) is 1. The molecule has 12 heavy (non-hydrogen) atoms. The first kappa shape index (κ1) is 7.54. The van der Waals surface area contributed by atoms with Crippen molar-refractivity contribution in [2.75, 3.05) is 5.73 Å². The first-order chi connectivity index (χ1) is 5.68. The smallest absolute Gasteiger partial charge is 0.293 e. The summed E-state index contributed by atoms with van der Waals surface area (Å²) < 4.78 is 18.6. The third kappa shape index (κ3) is 0.972. The number of nitrogens with two attached hydrogens (primary N) is 1. The molecular weight excluding hydrogens is 227 g/mol. The molecule has 0 saturated carbocycles. The summed E-state index contributed by atoms with van der Waals surface area (Å²) in [6.07, 6.45) is 0. The van der Waals surface area contributed by atoms with Gasteiger partial charge >= 0.3 is 0 Å². The summed E-state index contributed by atoms with van der Waals surface area (Å²) in [5, 5.41) is 0. The van der Waals surface area contributed by atoms with Crippen LogP contribution < -0.4 is 5.73 Å². The Hall–Kier alpha value is -1.10. The summed E-state index contributed by atoms with van der Waals surface area (Å²) in [5.74, 6) is -0.436. The van der Waals surface area contributed by atoms with E-state index in [1.54, 1.807) is 6.07 Å². The maximum Gasteiger partial charge on any atom is 0.293 e. The molecule has 0 radical (unpaired) electrons. The maximum atomic E-state index is 13.0. The summed E-state index contributed by atoms with van der Waals surface area (Å²) in [6.45, 7) is 0. The summed E-state index contributed by atoms with van der Waals surface area (Å²) >= 11 is 3.19. The van der Waals surface area contributed by atoms with E-state index in [4.69, 9.17) is 10.2 Å². The molecular formula is C7H4BrFN2O. The van der Waals surface area contributed by atoms with Crippen LogP contribution in [-0.2, 0) is 0 Å². The largest absolute Gasteiger partial charge is 0.422 e. The first-order valence-corrected chi connectivity index (χ1v) is 3.98. The highest BCUT2D eigenvalue weighted by Gasteiger charge is 2.10.